The zero-order chi connectivity index (χ0) is 21.3. The van der Waals surface area contributed by atoms with E-state index in [0.717, 1.165) is 5.56 Å². The van der Waals surface area contributed by atoms with E-state index < -0.39 is 6.04 Å². The van der Waals surface area contributed by atoms with Crippen LogP contribution in [0.25, 0.3) is 0 Å². The first kappa shape index (κ1) is 21.4. The Labute approximate surface area is 178 Å². The molecule has 0 fully saturated rings. The van der Waals surface area contributed by atoms with Crippen LogP contribution >= 0.6 is 11.6 Å². The Bertz CT molecular complexity index is 981. The molecular formula is C20H21ClN6O3. The molecule has 30 heavy (non-hydrogen) atoms. The fourth-order valence-electron chi connectivity index (χ4n) is 2.82. The molecule has 1 heterocycles. The third-order valence-electron chi connectivity index (χ3n) is 4.33. The van der Waals surface area contributed by atoms with Crippen LogP contribution in [0.2, 0.25) is 5.02 Å². The number of halogens is 1. The van der Waals surface area contributed by atoms with E-state index in [-0.39, 0.29) is 16.8 Å². The van der Waals surface area contributed by atoms with Crippen molar-refractivity contribution in [1.29, 1.82) is 0 Å². The summed E-state index contributed by atoms with van der Waals surface area (Å²) in [4.78, 5) is 25.1. The minimum absolute atomic E-state index is 0.227. The second-order valence-electron chi connectivity index (χ2n) is 6.43. The predicted molar refractivity (Wildman–Crippen MR) is 111 cm³/mol. The van der Waals surface area contributed by atoms with Crippen molar-refractivity contribution in [1.82, 2.24) is 25.5 Å². The quantitative estimate of drug-likeness (QED) is 0.505. The highest BCUT2D eigenvalue weighted by molar-refractivity contribution is 6.34. The van der Waals surface area contributed by atoms with Crippen LogP contribution in [0.3, 0.4) is 0 Å². The standard InChI is InChI=1S/C20H21ClN6O3/c1-30-10-9-22-19(28)16-8-7-15(12-17(16)21)24-20(29)18(27-13-23-25-26-27)11-14-5-3-2-4-6-14/h2-8,12-13,18H,9-11H2,1H3,(H,22,28)(H,24,29). The Kier molecular flexibility index (Phi) is 7.47. The lowest BCUT2D eigenvalue weighted by atomic mass is 10.1. The number of hydrogen-bond donors (Lipinski definition) is 2. The van der Waals surface area contributed by atoms with Gasteiger partial charge in [0.15, 0.2) is 0 Å². The molecular weight excluding hydrogens is 408 g/mol. The Morgan fingerprint density at radius 2 is 2.00 bits per heavy atom. The highest BCUT2D eigenvalue weighted by Gasteiger charge is 2.23. The van der Waals surface area contributed by atoms with Crippen molar-refractivity contribution in [2.24, 2.45) is 0 Å². The summed E-state index contributed by atoms with van der Waals surface area (Å²) in [6, 6.07) is 13.6. The number of amides is 2. The van der Waals surface area contributed by atoms with Crippen molar-refractivity contribution in [3.8, 4) is 0 Å². The lowest BCUT2D eigenvalue weighted by molar-refractivity contribution is -0.119. The van der Waals surface area contributed by atoms with Gasteiger partial charge in [-0.1, -0.05) is 41.9 Å². The SMILES string of the molecule is COCCNC(=O)c1ccc(NC(=O)C(Cc2ccccc2)n2cnnn2)cc1Cl. The van der Waals surface area contributed by atoms with Gasteiger partial charge in [0.2, 0.25) is 5.91 Å². The molecule has 2 aromatic carbocycles. The summed E-state index contributed by atoms with van der Waals surface area (Å²) in [5.41, 5.74) is 1.74. The number of methoxy groups -OCH3 is 1. The second-order valence-corrected chi connectivity index (χ2v) is 6.84. The molecule has 1 atom stereocenters. The highest BCUT2D eigenvalue weighted by atomic mass is 35.5. The van der Waals surface area contributed by atoms with Gasteiger partial charge in [-0.05, 0) is 34.2 Å². The monoisotopic (exact) mass is 428 g/mol. The van der Waals surface area contributed by atoms with E-state index in [1.165, 1.54) is 17.1 Å². The number of ether oxygens (including phenoxy) is 1. The van der Waals surface area contributed by atoms with Gasteiger partial charge in [-0.25, -0.2) is 4.68 Å². The summed E-state index contributed by atoms with van der Waals surface area (Å²) >= 11 is 6.25. The molecule has 0 aliphatic rings. The van der Waals surface area contributed by atoms with E-state index >= 15 is 0 Å². The number of tetrazole rings is 1. The highest BCUT2D eigenvalue weighted by Crippen LogP contribution is 2.23. The number of nitrogens with one attached hydrogen (secondary N) is 2. The Hall–Kier alpha value is -3.30. The molecule has 0 bridgehead atoms. The third-order valence-corrected chi connectivity index (χ3v) is 4.64. The molecule has 2 N–H and O–H groups in total. The predicted octanol–water partition coefficient (Wildman–Crippen LogP) is 2.13. The molecule has 9 nitrogen and oxygen atoms in total. The fraction of sp³-hybridized carbons (Fsp3) is 0.250. The minimum Gasteiger partial charge on any atom is -0.383 e. The number of nitrogens with zero attached hydrogens (tertiary/aromatic N) is 4. The minimum atomic E-state index is -0.654. The maximum atomic E-state index is 13.0. The molecule has 3 aromatic rings. The van der Waals surface area contributed by atoms with E-state index in [2.05, 4.69) is 26.2 Å². The molecule has 10 heteroatoms. The van der Waals surface area contributed by atoms with Crippen molar-refractivity contribution in [3.63, 3.8) is 0 Å². The van der Waals surface area contributed by atoms with E-state index in [9.17, 15) is 9.59 Å². The summed E-state index contributed by atoms with van der Waals surface area (Å²) < 4.78 is 6.31. The van der Waals surface area contributed by atoms with Crippen molar-refractivity contribution >= 4 is 29.1 Å². The Morgan fingerprint density at radius 3 is 2.67 bits per heavy atom. The molecule has 3 rings (SSSR count). The van der Waals surface area contributed by atoms with Gasteiger partial charge >= 0.3 is 0 Å². The van der Waals surface area contributed by atoms with Gasteiger partial charge in [0.1, 0.15) is 12.4 Å². The number of aromatic nitrogens is 4. The zero-order valence-electron chi connectivity index (χ0n) is 16.3. The van der Waals surface area contributed by atoms with Gasteiger partial charge < -0.3 is 15.4 Å². The molecule has 0 radical (unpaired) electrons. The van der Waals surface area contributed by atoms with Crippen LogP contribution in [0.1, 0.15) is 22.0 Å². The molecule has 156 valence electrons. The van der Waals surface area contributed by atoms with Gasteiger partial charge in [0, 0.05) is 25.8 Å². The maximum Gasteiger partial charge on any atom is 0.252 e. The summed E-state index contributed by atoms with van der Waals surface area (Å²) in [5, 5.41) is 16.9. The molecule has 0 saturated carbocycles. The van der Waals surface area contributed by atoms with Gasteiger partial charge in [0.25, 0.3) is 5.91 Å². The van der Waals surface area contributed by atoms with Crippen LogP contribution in [-0.2, 0) is 16.0 Å². The third kappa shape index (κ3) is 5.62. The van der Waals surface area contributed by atoms with Crippen LogP contribution in [0.15, 0.2) is 54.9 Å². The zero-order valence-corrected chi connectivity index (χ0v) is 17.0. The largest absolute Gasteiger partial charge is 0.383 e. The summed E-state index contributed by atoms with van der Waals surface area (Å²) in [7, 11) is 1.55. The molecule has 0 spiro atoms. The summed E-state index contributed by atoms with van der Waals surface area (Å²) in [6.07, 6.45) is 1.80. The number of benzene rings is 2. The first-order chi connectivity index (χ1) is 14.6. The number of carbonyl (C=O) groups is 2. The number of hydrogen-bond acceptors (Lipinski definition) is 6. The van der Waals surface area contributed by atoms with Crippen molar-refractivity contribution < 1.29 is 14.3 Å². The topological polar surface area (TPSA) is 111 Å². The average Bonchev–Trinajstić information content (AvgIpc) is 3.27. The lowest BCUT2D eigenvalue weighted by Crippen LogP contribution is -2.29. The smallest absolute Gasteiger partial charge is 0.252 e. The molecule has 1 aromatic heterocycles. The van der Waals surface area contributed by atoms with E-state index in [0.29, 0.717) is 30.8 Å². The fourth-order valence-corrected chi connectivity index (χ4v) is 3.09. The van der Waals surface area contributed by atoms with Gasteiger partial charge in [-0.2, -0.15) is 0 Å². The Morgan fingerprint density at radius 1 is 1.20 bits per heavy atom. The van der Waals surface area contributed by atoms with Crippen LogP contribution in [-0.4, -0.2) is 52.3 Å². The summed E-state index contributed by atoms with van der Waals surface area (Å²) in [6.45, 7) is 0.773. The van der Waals surface area contributed by atoms with Crippen LogP contribution in [0.4, 0.5) is 5.69 Å². The molecule has 1 unspecified atom stereocenters. The average molecular weight is 429 g/mol. The number of carbonyl (C=O) groups excluding carboxylic acids is 2. The first-order valence-corrected chi connectivity index (χ1v) is 9.60. The van der Waals surface area contributed by atoms with Crippen LogP contribution in [0.5, 0.6) is 0 Å². The van der Waals surface area contributed by atoms with Gasteiger partial charge in [-0.3, -0.25) is 9.59 Å². The van der Waals surface area contributed by atoms with Crippen LogP contribution in [0, 0.1) is 0 Å². The first-order valence-electron chi connectivity index (χ1n) is 9.22. The van der Waals surface area contributed by atoms with E-state index in [1.807, 2.05) is 30.3 Å². The molecule has 2 amide bonds. The normalized spacial score (nSPS) is 11.7. The van der Waals surface area contributed by atoms with E-state index in [1.54, 1.807) is 19.2 Å². The molecule has 0 saturated heterocycles. The summed E-state index contributed by atoms with van der Waals surface area (Å²) in [5.74, 6) is -0.620. The maximum absolute atomic E-state index is 13.0. The Balaban J connectivity index is 1.72. The van der Waals surface area contributed by atoms with E-state index in [4.69, 9.17) is 16.3 Å². The van der Waals surface area contributed by atoms with Gasteiger partial charge in [-0.15, -0.1) is 5.10 Å². The number of rotatable bonds is 9. The van der Waals surface area contributed by atoms with Crippen molar-refractivity contribution in [3.05, 3.63) is 71.0 Å². The van der Waals surface area contributed by atoms with Crippen molar-refractivity contribution in [2.75, 3.05) is 25.6 Å². The second kappa shape index (κ2) is 10.5. The lowest BCUT2D eigenvalue weighted by Gasteiger charge is -2.17. The van der Waals surface area contributed by atoms with Crippen molar-refractivity contribution in [2.45, 2.75) is 12.5 Å². The van der Waals surface area contributed by atoms with Gasteiger partial charge in [0.05, 0.1) is 17.2 Å². The van der Waals surface area contributed by atoms with Crippen LogP contribution < -0.4 is 10.6 Å². The molecule has 0 aliphatic carbocycles. The molecule has 0 aliphatic heterocycles. The number of anilines is 1.